The number of ether oxygens (including phenoxy) is 2. The molecular weight excluding hydrogens is 411 g/mol. The first kappa shape index (κ1) is 17.3. The fourth-order valence-electron chi connectivity index (χ4n) is 1.89. The molecule has 7 nitrogen and oxygen atoms in total. The molecule has 1 aromatic heterocycles. The van der Waals surface area contributed by atoms with Crippen LogP contribution in [0.3, 0.4) is 0 Å². The molecular formula is C15H17IN4O3. The van der Waals surface area contributed by atoms with E-state index >= 15 is 0 Å². The third-order valence-electron chi connectivity index (χ3n) is 2.74. The summed E-state index contributed by atoms with van der Waals surface area (Å²) in [7, 11) is 0. The van der Waals surface area contributed by atoms with Crippen LogP contribution in [0.25, 0.3) is 0 Å². The predicted octanol–water partition coefficient (Wildman–Crippen LogP) is 2.58. The highest BCUT2D eigenvalue weighted by Crippen LogP contribution is 2.34. The number of aromatic nitrogens is 2. The van der Waals surface area contributed by atoms with Crippen LogP contribution in [-0.2, 0) is 4.79 Å². The third-order valence-corrected chi connectivity index (χ3v) is 3.54. The van der Waals surface area contributed by atoms with Crippen LogP contribution in [0.5, 0.6) is 11.5 Å². The van der Waals surface area contributed by atoms with E-state index in [-0.39, 0.29) is 0 Å². The number of carbonyl (C=O) groups excluding carboxylic acids is 1. The second kappa shape index (κ2) is 7.44. The molecule has 0 unspecified atom stereocenters. The second-order valence-corrected chi connectivity index (χ2v) is 5.85. The second-order valence-electron chi connectivity index (χ2n) is 4.69. The summed E-state index contributed by atoms with van der Waals surface area (Å²) in [5.41, 5.74) is 7.32. The van der Waals surface area contributed by atoms with Crippen molar-refractivity contribution in [3.8, 4) is 11.5 Å². The van der Waals surface area contributed by atoms with E-state index in [1.165, 1.54) is 11.6 Å². The summed E-state index contributed by atoms with van der Waals surface area (Å²) in [6.07, 6.45) is 3.37. The predicted molar refractivity (Wildman–Crippen MR) is 96.0 cm³/mol. The van der Waals surface area contributed by atoms with Crippen LogP contribution in [0.1, 0.15) is 25.1 Å². The molecule has 23 heavy (non-hydrogen) atoms. The number of aryl methyl sites for hydroxylation is 1. The fraction of sp³-hybridized carbons (Fsp3) is 0.267. The summed E-state index contributed by atoms with van der Waals surface area (Å²) >= 11 is 2.09. The first-order chi connectivity index (χ1) is 10.9. The van der Waals surface area contributed by atoms with Crippen molar-refractivity contribution in [2.45, 2.75) is 20.8 Å². The van der Waals surface area contributed by atoms with E-state index in [9.17, 15) is 4.79 Å². The SMILES string of the molecule is CCOc1cc(C=Nn2cc(C)nc2N)cc(I)c1OC(C)=O. The molecule has 0 aliphatic rings. The number of imidazole rings is 1. The zero-order valence-corrected chi connectivity index (χ0v) is 15.2. The van der Waals surface area contributed by atoms with Gasteiger partial charge in [-0.3, -0.25) is 4.79 Å². The van der Waals surface area contributed by atoms with Gasteiger partial charge in [-0.05, 0) is 54.1 Å². The van der Waals surface area contributed by atoms with E-state index in [1.54, 1.807) is 18.5 Å². The van der Waals surface area contributed by atoms with Gasteiger partial charge in [-0.25, -0.2) is 9.66 Å². The summed E-state index contributed by atoms with van der Waals surface area (Å²) in [6.45, 7) is 5.51. The summed E-state index contributed by atoms with van der Waals surface area (Å²) in [6, 6.07) is 3.60. The highest BCUT2D eigenvalue weighted by Gasteiger charge is 2.13. The molecule has 0 aliphatic heterocycles. The Morgan fingerprint density at radius 1 is 1.52 bits per heavy atom. The van der Waals surface area contributed by atoms with Crippen LogP contribution in [0.4, 0.5) is 5.95 Å². The van der Waals surface area contributed by atoms with Crippen LogP contribution in [0, 0.1) is 10.5 Å². The van der Waals surface area contributed by atoms with Crippen LogP contribution in [0.2, 0.25) is 0 Å². The van der Waals surface area contributed by atoms with Crippen molar-refractivity contribution >= 4 is 40.7 Å². The van der Waals surface area contributed by atoms with Gasteiger partial charge in [0.05, 0.1) is 28.3 Å². The first-order valence-electron chi connectivity index (χ1n) is 6.91. The molecule has 2 N–H and O–H groups in total. The topological polar surface area (TPSA) is 91.7 Å². The number of esters is 1. The number of hydrogen-bond donors (Lipinski definition) is 1. The Labute approximate surface area is 147 Å². The normalized spacial score (nSPS) is 11.0. The number of hydrogen-bond acceptors (Lipinski definition) is 6. The van der Waals surface area contributed by atoms with Crippen molar-refractivity contribution < 1.29 is 14.3 Å². The van der Waals surface area contributed by atoms with Gasteiger partial charge < -0.3 is 15.2 Å². The highest BCUT2D eigenvalue weighted by atomic mass is 127. The van der Waals surface area contributed by atoms with Crippen molar-refractivity contribution in [2.75, 3.05) is 12.3 Å². The minimum Gasteiger partial charge on any atom is -0.490 e. The summed E-state index contributed by atoms with van der Waals surface area (Å²) < 4.78 is 13.0. The maximum absolute atomic E-state index is 11.2. The number of rotatable bonds is 5. The molecule has 0 amide bonds. The molecule has 0 fully saturated rings. The molecule has 1 heterocycles. The van der Waals surface area contributed by atoms with E-state index in [2.05, 4.69) is 32.7 Å². The number of carbonyl (C=O) groups is 1. The Morgan fingerprint density at radius 2 is 2.26 bits per heavy atom. The fourth-order valence-corrected chi connectivity index (χ4v) is 2.63. The molecule has 0 radical (unpaired) electrons. The van der Waals surface area contributed by atoms with Crippen LogP contribution in [-0.4, -0.2) is 28.5 Å². The number of nitrogen functional groups attached to an aromatic ring is 1. The average molecular weight is 428 g/mol. The van der Waals surface area contributed by atoms with Crippen LogP contribution in [0.15, 0.2) is 23.4 Å². The molecule has 0 bridgehead atoms. The number of anilines is 1. The molecule has 0 atom stereocenters. The monoisotopic (exact) mass is 428 g/mol. The Morgan fingerprint density at radius 3 is 2.83 bits per heavy atom. The van der Waals surface area contributed by atoms with Gasteiger partial charge in [-0.1, -0.05) is 0 Å². The molecule has 1 aromatic carbocycles. The van der Waals surface area contributed by atoms with E-state index in [4.69, 9.17) is 15.2 Å². The Bertz CT molecular complexity index is 755. The van der Waals surface area contributed by atoms with Crippen molar-refractivity contribution in [2.24, 2.45) is 5.10 Å². The van der Waals surface area contributed by atoms with Gasteiger partial charge in [0.25, 0.3) is 0 Å². The summed E-state index contributed by atoms with van der Waals surface area (Å²) in [5, 5.41) is 4.27. The maximum atomic E-state index is 11.2. The number of halogens is 1. The lowest BCUT2D eigenvalue weighted by Crippen LogP contribution is -2.06. The Hall–Kier alpha value is -2.10. The average Bonchev–Trinajstić information content (AvgIpc) is 2.78. The first-order valence-corrected chi connectivity index (χ1v) is 7.99. The molecule has 122 valence electrons. The summed E-state index contributed by atoms with van der Waals surface area (Å²) in [4.78, 5) is 15.3. The van der Waals surface area contributed by atoms with E-state index < -0.39 is 5.97 Å². The van der Waals surface area contributed by atoms with Crippen molar-refractivity contribution in [1.29, 1.82) is 0 Å². The highest BCUT2D eigenvalue weighted by molar-refractivity contribution is 14.1. The smallest absolute Gasteiger partial charge is 0.308 e. The molecule has 0 saturated carbocycles. The zero-order valence-electron chi connectivity index (χ0n) is 13.0. The maximum Gasteiger partial charge on any atom is 0.308 e. The van der Waals surface area contributed by atoms with E-state index in [0.29, 0.717) is 24.1 Å². The lowest BCUT2D eigenvalue weighted by atomic mass is 10.2. The van der Waals surface area contributed by atoms with Gasteiger partial charge in [-0.2, -0.15) is 5.10 Å². The van der Waals surface area contributed by atoms with Crippen LogP contribution >= 0.6 is 22.6 Å². The Kier molecular flexibility index (Phi) is 5.59. The standard InChI is InChI=1S/C15H17IN4O3/c1-4-22-13-6-11(5-12(16)14(13)23-10(3)21)7-18-20-8-9(2)19-15(20)17/h5-8H,4H2,1-3H3,(H2,17,19). The van der Waals surface area contributed by atoms with Gasteiger partial charge in [0.1, 0.15) is 0 Å². The zero-order chi connectivity index (χ0) is 17.0. The molecule has 0 aliphatic carbocycles. The quantitative estimate of drug-likeness (QED) is 0.342. The number of nitrogens with two attached hydrogens (primary N) is 1. The van der Waals surface area contributed by atoms with Gasteiger partial charge >= 0.3 is 5.97 Å². The number of nitrogens with zero attached hydrogens (tertiary/aromatic N) is 3. The van der Waals surface area contributed by atoms with Crippen LogP contribution < -0.4 is 15.2 Å². The molecule has 0 spiro atoms. The molecule has 2 rings (SSSR count). The van der Waals surface area contributed by atoms with Gasteiger partial charge in [-0.15, -0.1) is 0 Å². The van der Waals surface area contributed by atoms with Crippen molar-refractivity contribution in [3.05, 3.63) is 33.2 Å². The number of benzene rings is 1. The van der Waals surface area contributed by atoms with Gasteiger partial charge in [0.2, 0.25) is 5.95 Å². The van der Waals surface area contributed by atoms with Crippen molar-refractivity contribution in [3.63, 3.8) is 0 Å². The lowest BCUT2D eigenvalue weighted by molar-refractivity contribution is -0.132. The third kappa shape index (κ3) is 4.44. The largest absolute Gasteiger partial charge is 0.490 e. The van der Waals surface area contributed by atoms with E-state index in [0.717, 1.165) is 14.8 Å². The summed E-state index contributed by atoms with van der Waals surface area (Å²) in [5.74, 6) is 0.822. The van der Waals surface area contributed by atoms with Crippen molar-refractivity contribution in [1.82, 2.24) is 9.66 Å². The van der Waals surface area contributed by atoms with Gasteiger partial charge in [0, 0.05) is 6.92 Å². The van der Waals surface area contributed by atoms with Gasteiger partial charge in [0.15, 0.2) is 11.5 Å². The molecule has 8 heteroatoms. The lowest BCUT2D eigenvalue weighted by Gasteiger charge is -2.12. The minimum atomic E-state index is -0.396. The minimum absolute atomic E-state index is 0.315. The molecule has 2 aromatic rings. The molecule has 0 saturated heterocycles. The Balaban J connectivity index is 2.36. The van der Waals surface area contributed by atoms with E-state index in [1.807, 2.05) is 19.9 Å².